The minimum Gasteiger partial charge on any atom is -0.361 e. The lowest BCUT2D eigenvalue weighted by Crippen LogP contribution is -2.47. The highest BCUT2D eigenvalue weighted by Crippen LogP contribution is 2.29. The van der Waals surface area contributed by atoms with Crippen molar-refractivity contribution in [3.8, 4) is 0 Å². The van der Waals surface area contributed by atoms with Crippen molar-refractivity contribution in [2.75, 3.05) is 18.4 Å². The highest BCUT2D eigenvalue weighted by molar-refractivity contribution is 5.92. The number of para-hydroxylation sites is 2. The lowest BCUT2D eigenvalue weighted by Gasteiger charge is -2.30. The van der Waals surface area contributed by atoms with Gasteiger partial charge in [-0.3, -0.25) is 4.79 Å². The maximum atomic E-state index is 13.6. The van der Waals surface area contributed by atoms with Crippen LogP contribution in [0.4, 0.5) is 23.7 Å². The van der Waals surface area contributed by atoms with Crippen LogP contribution in [0.5, 0.6) is 0 Å². The molecule has 0 aliphatic carbocycles. The fourth-order valence-corrected chi connectivity index (χ4v) is 4.36. The Morgan fingerprint density at radius 3 is 2.26 bits per heavy atom. The first kappa shape index (κ1) is 27.8. The van der Waals surface area contributed by atoms with Crippen molar-refractivity contribution in [3.63, 3.8) is 0 Å². The van der Waals surface area contributed by atoms with E-state index in [1.165, 1.54) is 17.0 Å². The molecule has 0 bridgehead atoms. The Bertz CT molecular complexity index is 1400. The fraction of sp³-hybridized carbons (Fsp3) is 0.267. The summed E-state index contributed by atoms with van der Waals surface area (Å²) in [5.74, 6) is -0.299. The predicted molar refractivity (Wildman–Crippen MR) is 146 cm³/mol. The van der Waals surface area contributed by atoms with Gasteiger partial charge in [-0.25, -0.2) is 4.79 Å². The second-order valence-corrected chi connectivity index (χ2v) is 9.64. The van der Waals surface area contributed by atoms with Crippen molar-refractivity contribution >= 4 is 28.5 Å². The molecule has 1 heterocycles. The van der Waals surface area contributed by atoms with Gasteiger partial charge in [-0.15, -0.1) is 0 Å². The number of hydrogen-bond acceptors (Lipinski definition) is 2. The second-order valence-electron chi connectivity index (χ2n) is 9.64. The Morgan fingerprint density at radius 1 is 0.923 bits per heavy atom. The molecular weight excluding hydrogens is 505 g/mol. The van der Waals surface area contributed by atoms with Gasteiger partial charge >= 0.3 is 12.2 Å². The van der Waals surface area contributed by atoms with Crippen molar-refractivity contribution in [2.24, 2.45) is 0 Å². The number of aromatic nitrogens is 1. The number of aromatic amines is 1. The van der Waals surface area contributed by atoms with Crippen molar-refractivity contribution < 1.29 is 22.8 Å². The molecule has 0 saturated heterocycles. The van der Waals surface area contributed by atoms with Gasteiger partial charge in [0.2, 0.25) is 5.91 Å². The van der Waals surface area contributed by atoms with Crippen LogP contribution in [-0.4, -0.2) is 45.9 Å². The molecule has 0 aliphatic heterocycles. The molecule has 3 aromatic carbocycles. The third-order valence-electron chi connectivity index (χ3n) is 6.55. The number of alkyl halides is 3. The maximum absolute atomic E-state index is 13.6. The van der Waals surface area contributed by atoms with E-state index in [2.05, 4.69) is 10.3 Å². The number of nitrogens with zero attached hydrogens (tertiary/aromatic N) is 2. The Hall–Kier alpha value is -4.27. The van der Waals surface area contributed by atoms with E-state index in [1.54, 1.807) is 29.2 Å². The first-order chi connectivity index (χ1) is 18.6. The van der Waals surface area contributed by atoms with Gasteiger partial charge in [0, 0.05) is 41.9 Å². The van der Waals surface area contributed by atoms with E-state index in [0.29, 0.717) is 24.2 Å². The second kappa shape index (κ2) is 12.1. The van der Waals surface area contributed by atoms with Crippen LogP contribution in [0, 0.1) is 0 Å². The summed E-state index contributed by atoms with van der Waals surface area (Å²) in [4.78, 5) is 32.9. The molecule has 9 heteroatoms. The van der Waals surface area contributed by atoms with Gasteiger partial charge in [-0.1, -0.05) is 48.5 Å². The van der Waals surface area contributed by atoms with Crippen molar-refractivity contribution in [1.82, 2.24) is 14.8 Å². The number of halogens is 3. The van der Waals surface area contributed by atoms with Gasteiger partial charge < -0.3 is 20.1 Å². The zero-order valence-electron chi connectivity index (χ0n) is 21.8. The number of fused-ring (bicyclic) bond motifs is 1. The van der Waals surface area contributed by atoms with Gasteiger partial charge in [-0.05, 0) is 61.7 Å². The first-order valence-corrected chi connectivity index (χ1v) is 12.7. The van der Waals surface area contributed by atoms with Crippen LogP contribution in [0.3, 0.4) is 0 Å². The van der Waals surface area contributed by atoms with Gasteiger partial charge in [0.25, 0.3) is 0 Å². The SMILES string of the molecule is CC(C)N(CC(=O)N(CCc1c[nH]c2ccccc12)Cc1ccc(C(F)(F)F)cc1)C(=O)Nc1ccccc1. The number of anilines is 1. The van der Waals surface area contributed by atoms with E-state index < -0.39 is 17.8 Å². The molecule has 2 N–H and O–H groups in total. The number of hydrogen-bond donors (Lipinski definition) is 2. The van der Waals surface area contributed by atoms with E-state index >= 15 is 0 Å². The third-order valence-corrected chi connectivity index (χ3v) is 6.55. The molecule has 0 fully saturated rings. The van der Waals surface area contributed by atoms with Crippen LogP contribution in [0.2, 0.25) is 0 Å². The molecule has 3 amide bonds. The Kier molecular flexibility index (Phi) is 8.59. The summed E-state index contributed by atoms with van der Waals surface area (Å²) in [6.45, 7) is 3.92. The van der Waals surface area contributed by atoms with Crippen LogP contribution >= 0.6 is 0 Å². The normalized spacial score (nSPS) is 11.5. The van der Waals surface area contributed by atoms with Crippen molar-refractivity contribution in [2.45, 2.75) is 39.0 Å². The molecule has 39 heavy (non-hydrogen) atoms. The highest BCUT2D eigenvalue weighted by Gasteiger charge is 2.30. The average Bonchev–Trinajstić information content (AvgIpc) is 3.32. The van der Waals surface area contributed by atoms with Crippen LogP contribution in [0.25, 0.3) is 10.9 Å². The summed E-state index contributed by atoms with van der Waals surface area (Å²) >= 11 is 0. The van der Waals surface area contributed by atoms with Gasteiger partial charge in [0.05, 0.1) is 5.56 Å². The number of nitrogens with one attached hydrogen (secondary N) is 2. The van der Waals surface area contributed by atoms with Gasteiger partial charge in [0.1, 0.15) is 6.54 Å². The van der Waals surface area contributed by atoms with Gasteiger partial charge in [-0.2, -0.15) is 13.2 Å². The molecular formula is C30H31F3N4O2. The standard InChI is InChI=1S/C30H31F3N4O2/c1-21(2)37(29(39)35-25-8-4-3-5-9-25)20-28(38)36(19-22-12-14-24(15-13-22)30(31,32)33)17-16-23-18-34-27-11-7-6-10-26(23)27/h3-15,18,21,34H,16-17,19-20H2,1-2H3,(H,35,39). The zero-order valence-corrected chi connectivity index (χ0v) is 21.8. The maximum Gasteiger partial charge on any atom is 0.416 e. The van der Waals surface area contributed by atoms with Gasteiger partial charge in [0.15, 0.2) is 0 Å². The topological polar surface area (TPSA) is 68.4 Å². The summed E-state index contributed by atoms with van der Waals surface area (Å²) < 4.78 is 39.2. The van der Waals surface area contributed by atoms with Crippen molar-refractivity contribution in [1.29, 1.82) is 0 Å². The Labute approximate surface area is 225 Å². The first-order valence-electron chi connectivity index (χ1n) is 12.7. The van der Waals surface area contributed by atoms with E-state index in [9.17, 15) is 22.8 Å². The summed E-state index contributed by atoms with van der Waals surface area (Å²) in [5.41, 5.74) is 2.45. The molecule has 4 rings (SSSR count). The number of carbonyl (C=O) groups excluding carboxylic acids is 2. The molecule has 204 valence electrons. The van der Waals surface area contributed by atoms with E-state index in [0.717, 1.165) is 28.6 Å². The quantitative estimate of drug-likeness (QED) is 0.250. The minimum atomic E-state index is -4.44. The fourth-order valence-electron chi connectivity index (χ4n) is 4.36. The van der Waals surface area contributed by atoms with Crippen LogP contribution in [0.1, 0.15) is 30.5 Å². The summed E-state index contributed by atoms with van der Waals surface area (Å²) in [6.07, 6.45) is -2.00. The van der Waals surface area contributed by atoms with Crippen LogP contribution in [0.15, 0.2) is 85.1 Å². The molecule has 0 radical (unpaired) electrons. The average molecular weight is 537 g/mol. The highest BCUT2D eigenvalue weighted by atomic mass is 19.4. The van der Waals surface area contributed by atoms with E-state index in [-0.39, 0.29) is 25.0 Å². The molecule has 1 aromatic heterocycles. The monoisotopic (exact) mass is 536 g/mol. The summed E-state index contributed by atoms with van der Waals surface area (Å²) in [5, 5.41) is 3.86. The summed E-state index contributed by atoms with van der Waals surface area (Å²) in [7, 11) is 0. The Morgan fingerprint density at radius 2 is 1.59 bits per heavy atom. The van der Waals surface area contributed by atoms with Crippen LogP contribution < -0.4 is 5.32 Å². The lowest BCUT2D eigenvalue weighted by molar-refractivity contribution is -0.137. The number of H-pyrrole nitrogens is 1. The molecule has 0 aliphatic rings. The molecule has 0 atom stereocenters. The summed E-state index contributed by atoms with van der Waals surface area (Å²) in [6, 6.07) is 20.9. The van der Waals surface area contributed by atoms with E-state index in [1.807, 2.05) is 50.4 Å². The molecule has 6 nitrogen and oxygen atoms in total. The zero-order chi connectivity index (χ0) is 28.0. The molecule has 0 spiro atoms. The molecule has 4 aromatic rings. The van der Waals surface area contributed by atoms with Crippen molar-refractivity contribution in [3.05, 3.63) is 102 Å². The number of urea groups is 1. The van der Waals surface area contributed by atoms with Crippen LogP contribution in [-0.2, 0) is 23.9 Å². The predicted octanol–water partition coefficient (Wildman–Crippen LogP) is 6.70. The number of amides is 3. The number of benzene rings is 3. The van der Waals surface area contributed by atoms with E-state index in [4.69, 9.17) is 0 Å². The molecule has 0 saturated carbocycles. The Balaban J connectivity index is 1.53. The number of carbonyl (C=O) groups is 2. The third kappa shape index (κ3) is 7.19. The molecule has 0 unspecified atom stereocenters. The lowest BCUT2D eigenvalue weighted by atomic mass is 10.1. The largest absolute Gasteiger partial charge is 0.416 e. The smallest absolute Gasteiger partial charge is 0.361 e. The number of rotatable bonds is 9. The minimum absolute atomic E-state index is 0.117.